The molecule has 2 fully saturated rings. The van der Waals surface area contributed by atoms with E-state index in [0.29, 0.717) is 24.9 Å². The van der Waals surface area contributed by atoms with Crippen molar-refractivity contribution in [1.82, 2.24) is 13.9 Å². The molecule has 2 atom stereocenters. The number of hydrogen-bond donors (Lipinski definition) is 1. The fraction of sp³-hybridized carbons (Fsp3) is 0.571. The molecule has 0 aliphatic carbocycles. The maximum Gasteiger partial charge on any atom is 0.243 e. The Bertz CT molecular complexity index is 799. The quantitative estimate of drug-likeness (QED) is 0.786. The van der Waals surface area contributed by atoms with E-state index >= 15 is 0 Å². The molecule has 1 aromatic rings. The van der Waals surface area contributed by atoms with Gasteiger partial charge in [0.15, 0.2) is 0 Å². The van der Waals surface area contributed by atoms with Crippen molar-refractivity contribution in [2.45, 2.75) is 9.79 Å². The maximum atomic E-state index is 12.8. The van der Waals surface area contributed by atoms with Gasteiger partial charge >= 0.3 is 0 Å². The summed E-state index contributed by atoms with van der Waals surface area (Å²) in [5.41, 5.74) is 0. The van der Waals surface area contributed by atoms with Crippen LogP contribution >= 0.6 is 12.4 Å². The summed E-state index contributed by atoms with van der Waals surface area (Å²) >= 11 is 0. The molecule has 0 aromatic heterocycles. The Morgan fingerprint density at radius 2 is 1.58 bits per heavy atom. The van der Waals surface area contributed by atoms with Crippen molar-refractivity contribution < 1.29 is 16.8 Å². The molecule has 3 rings (SSSR count). The van der Waals surface area contributed by atoms with E-state index in [1.165, 1.54) is 42.7 Å². The molecule has 24 heavy (non-hydrogen) atoms. The molecule has 7 nitrogen and oxygen atoms in total. The Hall–Kier alpha value is -0.710. The average molecular weight is 396 g/mol. The molecule has 136 valence electrons. The number of benzene rings is 1. The van der Waals surface area contributed by atoms with Crippen LogP contribution in [0.15, 0.2) is 34.1 Å². The van der Waals surface area contributed by atoms with Crippen molar-refractivity contribution in [3.63, 3.8) is 0 Å². The van der Waals surface area contributed by atoms with E-state index in [1.54, 1.807) is 0 Å². The molecule has 1 N–H and O–H groups in total. The van der Waals surface area contributed by atoms with Gasteiger partial charge in [0.2, 0.25) is 20.0 Å². The number of sulfonamides is 2. The molecule has 0 amide bonds. The van der Waals surface area contributed by atoms with Crippen molar-refractivity contribution in [3.05, 3.63) is 24.3 Å². The lowest BCUT2D eigenvalue weighted by molar-refractivity contribution is 0.448. The SMILES string of the molecule is CN(C)S(=O)(=O)c1cccc(S(=O)(=O)N2C[C@H]3CNC[C@H]3C2)c1.Cl. The molecule has 0 saturated carbocycles. The monoisotopic (exact) mass is 395 g/mol. The lowest BCUT2D eigenvalue weighted by atomic mass is 10.0. The summed E-state index contributed by atoms with van der Waals surface area (Å²) in [7, 11) is -4.48. The third kappa shape index (κ3) is 3.33. The van der Waals surface area contributed by atoms with Crippen LogP contribution in [0, 0.1) is 11.8 Å². The first-order valence-electron chi connectivity index (χ1n) is 7.46. The summed E-state index contributed by atoms with van der Waals surface area (Å²) in [5, 5.41) is 3.27. The Kier molecular flexibility index (Phi) is 5.63. The minimum absolute atomic E-state index is 0. The molecule has 0 spiro atoms. The van der Waals surface area contributed by atoms with Gasteiger partial charge < -0.3 is 5.32 Å². The van der Waals surface area contributed by atoms with Gasteiger partial charge in [0.1, 0.15) is 0 Å². The lowest BCUT2D eigenvalue weighted by Gasteiger charge is -2.18. The summed E-state index contributed by atoms with van der Waals surface area (Å²) in [6, 6.07) is 5.59. The highest BCUT2D eigenvalue weighted by atomic mass is 35.5. The van der Waals surface area contributed by atoms with E-state index in [9.17, 15) is 16.8 Å². The molecule has 0 bridgehead atoms. The smallest absolute Gasteiger partial charge is 0.243 e. The van der Waals surface area contributed by atoms with Crippen LogP contribution in [-0.2, 0) is 20.0 Å². The zero-order valence-electron chi connectivity index (χ0n) is 13.5. The van der Waals surface area contributed by atoms with Crippen LogP contribution < -0.4 is 5.32 Å². The van der Waals surface area contributed by atoms with Gasteiger partial charge in [0.05, 0.1) is 9.79 Å². The van der Waals surface area contributed by atoms with E-state index < -0.39 is 20.0 Å². The van der Waals surface area contributed by atoms with Gasteiger partial charge in [-0.25, -0.2) is 21.1 Å². The molecular weight excluding hydrogens is 374 g/mol. The Balaban J connectivity index is 0.00000208. The predicted molar refractivity (Wildman–Crippen MR) is 93.2 cm³/mol. The third-order valence-corrected chi connectivity index (χ3v) is 8.22. The highest BCUT2D eigenvalue weighted by Crippen LogP contribution is 2.31. The second-order valence-corrected chi connectivity index (χ2v) is 10.4. The summed E-state index contributed by atoms with van der Waals surface area (Å²) < 4.78 is 52.6. The molecule has 0 unspecified atom stereocenters. The number of nitrogens with zero attached hydrogens (tertiary/aromatic N) is 2. The Morgan fingerprint density at radius 3 is 2.12 bits per heavy atom. The molecule has 2 saturated heterocycles. The number of rotatable bonds is 4. The molecule has 0 radical (unpaired) electrons. The highest BCUT2D eigenvalue weighted by Gasteiger charge is 2.41. The van der Waals surface area contributed by atoms with E-state index in [1.807, 2.05) is 0 Å². The van der Waals surface area contributed by atoms with Crippen molar-refractivity contribution >= 4 is 32.5 Å². The standard InChI is InChI=1S/C14H21N3O4S2.ClH/c1-16(2)22(18,19)13-4-3-5-14(6-13)23(20,21)17-9-11-7-15-8-12(11)10-17;/h3-6,11-12,15H,7-10H2,1-2H3;1H/t11-,12+;. The van der Waals surface area contributed by atoms with E-state index in [4.69, 9.17) is 0 Å². The molecule has 2 aliphatic rings. The van der Waals surface area contributed by atoms with Gasteiger partial charge in [-0.15, -0.1) is 12.4 Å². The van der Waals surface area contributed by atoms with Crippen LogP contribution in [0.2, 0.25) is 0 Å². The van der Waals surface area contributed by atoms with Crippen molar-refractivity contribution in [1.29, 1.82) is 0 Å². The van der Waals surface area contributed by atoms with Crippen LogP contribution in [0.25, 0.3) is 0 Å². The number of fused-ring (bicyclic) bond motifs is 1. The summed E-state index contributed by atoms with van der Waals surface area (Å²) in [4.78, 5) is 0.0259. The predicted octanol–water partition coefficient (Wildman–Crippen LogP) is 0.199. The van der Waals surface area contributed by atoms with Gasteiger partial charge in [-0.1, -0.05) is 6.07 Å². The van der Waals surface area contributed by atoms with Gasteiger partial charge in [-0.2, -0.15) is 4.31 Å². The van der Waals surface area contributed by atoms with E-state index in [2.05, 4.69) is 5.32 Å². The molecular formula is C14H22ClN3O4S2. The van der Waals surface area contributed by atoms with Crippen LogP contribution in [0.1, 0.15) is 0 Å². The van der Waals surface area contributed by atoms with Gasteiger partial charge in [-0.3, -0.25) is 0 Å². The zero-order chi connectivity index (χ0) is 16.8. The van der Waals surface area contributed by atoms with Crippen LogP contribution in [0.5, 0.6) is 0 Å². The number of nitrogens with one attached hydrogen (secondary N) is 1. The maximum absolute atomic E-state index is 12.8. The first-order valence-corrected chi connectivity index (χ1v) is 10.3. The first-order chi connectivity index (χ1) is 10.7. The Morgan fingerprint density at radius 1 is 1.04 bits per heavy atom. The van der Waals surface area contributed by atoms with Gasteiger partial charge in [0.25, 0.3) is 0 Å². The second kappa shape index (κ2) is 6.89. The number of halogens is 1. The van der Waals surface area contributed by atoms with Crippen LogP contribution in [-0.4, -0.2) is 65.7 Å². The van der Waals surface area contributed by atoms with Crippen molar-refractivity contribution in [2.24, 2.45) is 11.8 Å². The third-order valence-electron chi connectivity index (χ3n) is 4.58. The summed E-state index contributed by atoms with van der Waals surface area (Å²) in [5.74, 6) is 0.692. The largest absolute Gasteiger partial charge is 0.316 e. The van der Waals surface area contributed by atoms with Crippen LogP contribution in [0.4, 0.5) is 0 Å². The normalized spacial score (nSPS) is 24.8. The highest BCUT2D eigenvalue weighted by molar-refractivity contribution is 7.90. The van der Waals surface area contributed by atoms with Gasteiger partial charge in [-0.05, 0) is 43.1 Å². The molecule has 2 aliphatic heterocycles. The van der Waals surface area contributed by atoms with Crippen molar-refractivity contribution in [3.8, 4) is 0 Å². The van der Waals surface area contributed by atoms with Crippen LogP contribution in [0.3, 0.4) is 0 Å². The number of hydrogen-bond acceptors (Lipinski definition) is 5. The average Bonchev–Trinajstić information content (AvgIpc) is 3.08. The minimum atomic E-state index is -3.67. The van der Waals surface area contributed by atoms with Gasteiger partial charge in [0, 0.05) is 27.2 Å². The Labute approximate surface area is 149 Å². The fourth-order valence-electron chi connectivity index (χ4n) is 3.16. The lowest BCUT2D eigenvalue weighted by Crippen LogP contribution is -2.32. The topological polar surface area (TPSA) is 86.8 Å². The van der Waals surface area contributed by atoms with E-state index in [-0.39, 0.29) is 22.2 Å². The summed E-state index contributed by atoms with van der Waals surface area (Å²) in [6.07, 6.45) is 0. The fourth-order valence-corrected chi connectivity index (χ4v) is 5.79. The minimum Gasteiger partial charge on any atom is -0.316 e. The van der Waals surface area contributed by atoms with E-state index in [0.717, 1.165) is 17.4 Å². The zero-order valence-corrected chi connectivity index (χ0v) is 16.0. The molecule has 2 heterocycles. The summed E-state index contributed by atoms with van der Waals surface area (Å²) in [6.45, 7) is 2.66. The van der Waals surface area contributed by atoms with Crippen molar-refractivity contribution in [2.75, 3.05) is 40.3 Å². The molecule has 1 aromatic carbocycles. The first kappa shape index (κ1) is 19.6. The molecule has 10 heteroatoms. The second-order valence-electron chi connectivity index (χ2n) is 6.26.